The van der Waals surface area contributed by atoms with E-state index in [4.69, 9.17) is 0 Å². The van der Waals surface area contributed by atoms with Crippen molar-refractivity contribution in [1.29, 1.82) is 0 Å². The van der Waals surface area contributed by atoms with Gasteiger partial charge in [0.1, 0.15) is 0 Å². The van der Waals surface area contributed by atoms with Crippen molar-refractivity contribution in [3.63, 3.8) is 0 Å². The summed E-state index contributed by atoms with van der Waals surface area (Å²) in [6.07, 6.45) is 4.78. The van der Waals surface area contributed by atoms with Gasteiger partial charge in [-0.1, -0.05) is 31.0 Å². The highest BCUT2D eigenvalue weighted by Gasteiger charge is 2.17. The number of nitrogens with one attached hydrogen (secondary N) is 2. The molecule has 8 heteroatoms. The number of nitrogens with zero attached hydrogens (tertiary/aromatic N) is 3. The van der Waals surface area contributed by atoms with Crippen molar-refractivity contribution < 1.29 is 14.7 Å². The number of azo groups is 1. The Labute approximate surface area is 157 Å². The summed E-state index contributed by atoms with van der Waals surface area (Å²) in [5, 5.41) is 24.3. The van der Waals surface area contributed by atoms with Gasteiger partial charge < -0.3 is 20.3 Å². The molecule has 0 radical (unpaired) electrons. The van der Waals surface area contributed by atoms with Crippen LogP contribution in [-0.4, -0.2) is 34.2 Å². The molecule has 1 aromatic carbocycles. The Hall–Kier alpha value is -2.90. The van der Waals surface area contributed by atoms with E-state index in [-0.39, 0.29) is 23.9 Å². The van der Waals surface area contributed by atoms with Gasteiger partial charge in [-0.15, -0.1) is 10.2 Å². The maximum absolute atomic E-state index is 12.0. The molecule has 1 aromatic heterocycles. The lowest BCUT2D eigenvalue weighted by Crippen LogP contribution is -2.49. The van der Waals surface area contributed by atoms with Gasteiger partial charge in [0.25, 0.3) is 5.91 Å². The van der Waals surface area contributed by atoms with Crippen molar-refractivity contribution in [2.75, 3.05) is 6.54 Å². The van der Waals surface area contributed by atoms with Crippen LogP contribution in [0.3, 0.4) is 0 Å². The van der Waals surface area contributed by atoms with Crippen LogP contribution in [0, 0.1) is 0 Å². The highest BCUT2D eigenvalue weighted by Crippen LogP contribution is 2.37. The van der Waals surface area contributed by atoms with Gasteiger partial charge in [0, 0.05) is 31.4 Å². The van der Waals surface area contributed by atoms with Crippen LogP contribution in [0.4, 0.5) is 10.5 Å². The van der Waals surface area contributed by atoms with Crippen molar-refractivity contribution in [1.82, 2.24) is 15.2 Å². The van der Waals surface area contributed by atoms with Crippen LogP contribution in [0.25, 0.3) is 10.9 Å². The molecule has 1 atom stereocenters. The average Bonchev–Trinajstić information content (AvgIpc) is 2.91. The minimum atomic E-state index is -0.294. The molecule has 3 N–H and O–H groups in total. The number of rotatable bonds is 7. The molecular formula is C19H25N5O3. The molecule has 1 fully saturated rings. The number of aryl methyl sites for hydroxylation is 1. The number of para-hydroxylation sites is 1. The SMILES string of the molecule is Cn1c(O)c(N=NC(=O)CCCCC[C@H]2CCNC(=O)N2)c2ccccc21. The molecular weight excluding hydrogens is 346 g/mol. The average molecular weight is 371 g/mol. The Balaban J connectivity index is 1.44. The molecule has 3 rings (SSSR count). The maximum atomic E-state index is 12.0. The summed E-state index contributed by atoms with van der Waals surface area (Å²) in [6, 6.07) is 7.58. The topological polar surface area (TPSA) is 108 Å². The van der Waals surface area contributed by atoms with Gasteiger partial charge in [-0.3, -0.25) is 4.79 Å². The highest BCUT2D eigenvalue weighted by atomic mass is 16.3. The van der Waals surface area contributed by atoms with E-state index in [0.29, 0.717) is 12.1 Å². The van der Waals surface area contributed by atoms with E-state index < -0.39 is 0 Å². The zero-order chi connectivity index (χ0) is 19.2. The summed E-state index contributed by atoms with van der Waals surface area (Å²) in [5.74, 6) is -0.297. The van der Waals surface area contributed by atoms with Gasteiger partial charge in [0.2, 0.25) is 5.88 Å². The van der Waals surface area contributed by atoms with Crippen LogP contribution in [0.5, 0.6) is 5.88 Å². The van der Waals surface area contributed by atoms with Crippen molar-refractivity contribution in [2.24, 2.45) is 17.3 Å². The maximum Gasteiger partial charge on any atom is 0.315 e. The molecule has 1 saturated heterocycles. The zero-order valence-electron chi connectivity index (χ0n) is 15.4. The molecule has 2 aromatic rings. The Bertz CT molecular complexity index is 858. The first kappa shape index (κ1) is 18.9. The van der Waals surface area contributed by atoms with Gasteiger partial charge in [-0.2, -0.15) is 0 Å². The van der Waals surface area contributed by atoms with Crippen LogP contribution >= 0.6 is 0 Å². The summed E-state index contributed by atoms with van der Waals surface area (Å²) in [6.45, 7) is 0.719. The van der Waals surface area contributed by atoms with Gasteiger partial charge in [-0.25, -0.2) is 4.79 Å². The van der Waals surface area contributed by atoms with E-state index in [1.54, 1.807) is 11.6 Å². The van der Waals surface area contributed by atoms with E-state index >= 15 is 0 Å². The number of fused-ring (bicyclic) bond motifs is 1. The number of aromatic nitrogens is 1. The zero-order valence-corrected chi connectivity index (χ0v) is 15.4. The van der Waals surface area contributed by atoms with Crippen LogP contribution < -0.4 is 10.6 Å². The Morgan fingerprint density at radius 3 is 2.93 bits per heavy atom. The van der Waals surface area contributed by atoms with Gasteiger partial charge in [0.05, 0.1) is 5.52 Å². The van der Waals surface area contributed by atoms with E-state index in [2.05, 4.69) is 20.9 Å². The third-order valence-electron chi connectivity index (χ3n) is 4.87. The predicted molar refractivity (Wildman–Crippen MR) is 102 cm³/mol. The van der Waals surface area contributed by atoms with E-state index in [0.717, 1.165) is 49.6 Å². The normalized spacial score (nSPS) is 17.2. The van der Waals surface area contributed by atoms with Gasteiger partial charge in [0.15, 0.2) is 5.69 Å². The fraction of sp³-hybridized carbons (Fsp3) is 0.474. The second-order valence-electron chi connectivity index (χ2n) is 6.83. The Morgan fingerprint density at radius 1 is 1.30 bits per heavy atom. The second kappa shape index (κ2) is 8.66. The first-order chi connectivity index (χ1) is 13.1. The summed E-state index contributed by atoms with van der Waals surface area (Å²) in [7, 11) is 1.74. The quantitative estimate of drug-likeness (QED) is 0.512. The van der Waals surface area contributed by atoms with Crippen LogP contribution in [0.1, 0.15) is 38.5 Å². The molecule has 0 bridgehead atoms. The minimum Gasteiger partial charge on any atom is -0.493 e. The van der Waals surface area contributed by atoms with Gasteiger partial charge >= 0.3 is 6.03 Å². The summed E-state index contributed by atoms with van der Waals surface area (Å²) < 4.78 is 1.62. The van der Waals surface area contributed by atoms with Gasteiger partial charge in [-0.05, 0) is 25.3 Å². The molecule has 0 unspecified atom stereocenters. The predicted octanol–water partition coefficient (Wildman–Crippen LogP) is 3.52. The monoisotopic (exact) mass is 371 g/mol. The smallest absolute Gasteiger partial charge is 0.315 e. The molecule has 0 aliphatic carbocycles. The summed E-state index contributed by atoms with van der Waals surface area (Å²) in [4.78, 5) is 23.2. The number of benzene rings is 1. The highest BCUT2D eigenvalue weighted by molar-refractivity contribution is 5.95. The Kier molecular flexibility index (Phi) is 6.05. The fourth-order valence-corrected chi connectivity index (χ4v) is 3.34. The fourth-order valence-electron chi connectivity index (χ4n) is 3.34. The standard InChI is InChI=1S/C19H25N5O3/c1-24-15-9-6-5-8-14(15)17(18(24)26)23-22-16(25)10-4-2-3-7-13-11-12-20-19(27)21-13/h5-6,8-9,13,26H,2-4,7,10-12H2,1H3,(H2,20,21,27)/t13-/m0/s1. The van der Waals surface area contributed by atoms with Crippen molar-refractivity contribution in [2.45, 2.75) is 44.6 Å². The number of carbonyl (C=O) groups is 2. The lowest BCUT2D eigenvalue weighted by molar-refractivity contribution is -0.118. The van der Waals surface area contributed by atoms with E-state index in [1.807, 2.05) is 24.3 Å². The molecule has 0 saturated carbocycles. The number of amides is 3. The number of hydrogen-bond acceptors (Lipinski definition) is 4. The molecule has 2 heterocycles. The minimum absolute atomic E-state index is 0.00299. The molecule has 3 amide bonds. The van der Waals surface area contributed by atoms with Crippen molar-refractivity contribution in [3.8, 4) is 5.88 Å². The summed E-state index contributed by atoms with van der Waals surface area (Å²) in [5.41, 5.74) is 1.16. The largest absolute Gasteiger partial charge is 0.493 e. The number of unbranched alkanes of at least 4 members (excludes halogenated alkanes) is 2. The lowest BCUT2D eigenvalue weighted by atomic mass is 10.0. The van der Waals surface area contributed by atoms with Crippen LogP contribution in [-0.2, 0) is 11.8 Å². The number of urea groups is 1. The molecule has 1 aliphatic heterocycles. The first-order valence-electron chi connectivity index (χ1n) is 9.31. The van der Waals surface area contributed by atoms with Crippen molar-refractivity contribution >= 4 is 28.5 Å². The molecule has 144 valence electrons. The van der Waals surface area contributed by atoms with E-state index in [1.165, 1.54) is 0 Å². The molecule has 8 nitrogen and oxygen atoms in total. The first-order valence-corrected chi connectivity index (χ1v) is 9.31. The van der Waals surface area contributed by atoms with Crippen LogP contribution in [0.15, 0.2) is 34.5 Å². The lowest BCUT2D eigenvalue weighted by Gasteiger charge is -2.24. The third-order valence-corrected chi connectivity index (χ3v) is 4.87. The summed E-state index contributed by atoms with van der Waals surface area (Å²) >= 11 is 0. The third kappa shape index (κ3) is 4.64. The van der Waals surface area contributed by atoms with Crippen molar-refractivity contribution in [3.05, 3.63) is 24.3 Å². The molecule has 0 spiro atoms. The molecule has 1 aliphatic rings. The Morgan fingerprint density at radius 2 is 2.11 bits per heavy atom. The number of aromatic hydroxyl groups is 1. The van der Waals surface area contributed by atoms with Crippen LogP contribution in [0.2, 0.25) is 0 Å². The second-order valence-corrected chi connectivity index (χ2v) is 6.83. The van der Waals surface area contributed by atoms with E-state index in [9.17, 15) is 14.7 Å². The molecule has 27 heavy (non-hydrogen) atoms. The number of hydrogen-bond donors (Lipinski definition) is 3. The number of carbonyl (C=O) groups excluding carboxylic acids is 2.